The third-order valence-electron chi connectivity index (χ3n) is 3.89. The van der Waals surface area contributed by atoms with Gasteiger partial charge >= 0.3 is 0 Å². The van der Waals surface area contributed by atoms with Crippen LogP contribution in [-0.2, 0) is 19.9 Å². The predicted octanol–water partition coefficient (Wildman–Crippen LogP) is 0.0442. The Morgan fingerprint density at radius 1 is 1.04 bits per heavy atom. The van der Waals surface area contributed by atoms with Crippen LogP contribution in [0.2, 0.25) is 0 Å². The molecule has 23 heavy (non-hydrogen) atoms. The van der Waals surface area contributed by atoms with Gasteiger partial charge in [-0.25, -0.2) is 21.6 Å². The molecule has 1 aliphatic carbocycles. The molecule has 1 aliphatic heterocycles. The molecule has 7 nitrogen and oxygen atoms in total. The third-order valence-corrected chi connectivity index (χ3v) is 7.20. The summed E-state index contributed by atoms with van der Waals surface area (Å²) in [5.41, 5.74) is 0.305. The molecule has 1 heterocycles. The molecule has 1 aromatic carbocycles. The molecule has 1 atom stereocenters. The number of sulfonamides is 1. The maximum atomic E-state index is 12.1. The molecule has 0 radical (unpaired) electrons. The number of rotatable bonds is 5. The van der Waals surface area contributed by atoms with Gasteiger partial charge in [0.25, 0.3) is 5.91 Å². The summed E-state index contributed by atoms with van der Waals surface area (Å²) in [5, 5.41) is 2.67. The van der Waals surface area contributed by atoms with Crippen molar-refractivity contribution in [1.29, 1.82) is 0 Å². The van der Waals surface area contributed by atoms with Crippen molar-refractivity contribution in [3.8, 4) is 0 Å². The first-order chi connectivity index (χ1) is 10.8. The Morgan fingerprint density at radius 3 is 2.22 bits per heavy atom. The van der Waals surface area contributed by atoms with E-state index >= 15 is 0 Å². The highest BCUT2D eigenvalue weighted by Gasteiger charge is 2.30. The first-order valence-corrected chi connectivity index (χ1v) is 10.7. The molecular formula is C14H18N2O5S2. The Balaban J connectivity index is 1.66. The smallest absolute Gasteiger partial charge is 0.251 e. The highest BCUT2D eigenvalue weighted by atomic mass is 32.2. The van der Waals surface area contributed by atoms with Crippen molar-refractivity contribution < 1.29 is 21.6 Å². The molecule has 0 aromatic heterocycles. The maximum absolute atomic E-state index is 12.1. The van der Waals surface area contributed by atoms with Gasteiger partial charge in [-0.3, -0.25) is 4.79 Å². The van der Waals surface area contributed by atoms with E-state index in [1.165, 1.54) is 24.3 Å². The molecule has 126 valence electrons. The van der Waals surface area contributed by atoms with Crippen molar-refractivity contribution in [3.05, 3.63) is 29.8 Å². The summed E-state index contributed by atoms with van der Waals surface area (Å²) >= 11 is 0. The number of carbonyl (C=O) groups excluding carboxylic acids is 1. The summed E-state index contributed by atoms with van der Waals surface area (Å²) in [5.74, 6) is -0.357. The maximum Gasteiger partial charge on any atom is 0.251 e. The van der Waals surface area contributed by atoms with Gasteiger partial charge in [0.15, 0.2) is 9.84 Å². The molecule has 1 saturated carbocycles. The fourth-order valence-corrected chi connectivity index (χ4v) is 5.43. The van der Waals surface area contributed by atoms with Crippen LogP contribution in [0.25, 0.3) is 0 Å². The third kappa shape index (κ3) is 4.10. The van der Waals surface area contributed by atoms with Crippen LogP contribution < -0.4 is 10.0 Å². The number of carbonyl (C=O) groups is 1. The van der Waals surface area contributed by atoms with E-state index in [9.17, 15) is 21.6 Å². The zero-order valence-electron chi connectivity index (χ0n) is 12.4. The summed E-state index contributed by atoms with van der Waals surface area (Å²) in [6.07, 6.45) is 2.11. The van der Waals surface area contributed by atoms with E-state index in [2.05, 4.69) is 10.0 Å². The first kappa shape index (κ1) is 16.4. The van der Waals surface area contributed by atoms with Crippen LogP contribution in [0.5, 0.6) is 0 Å². The number of sulfone groups is 1. The molecule has 2 aliphatic rings. The highest BCUT2D eigenvalue weighted by molar-refractivity contribution is 7.91. The van der Waals surface area contributed by atoms with Crippen LogP contribution in [0.1, 0.15) is 29.6 Å². The van der Waals surface area contributed by atoms with E-state index in [4.69, 9.17) is 0 Å². The molecular weight excluding hydrogens is 340 g/mol. The normalized spacial score (nSPS) is 23.6. The zero-order valence-corrected chi connectivity index (χ0v) is 14.0. The molecule has 1 amide bonds. The topological polar surface area (TPSA) is 109 Å². The number of nitrogens with one attached hydrogen (secondary N) is 2. The zero-order chi connectivity index (χ0) is 16.7. The van der Waals surface area contributed by atoms with Crippen molar-refractivity contribution >= 4 is 25.8 Å². The molecule has 1 saturated heterocycles. The number of benzene rings is 1. The van der Waals surface area contributed by atoms with E-state index in [1.54, 1.807) is 0 Å². The largest absolute Gasteiger partial charge is 0.348 e. The van der Waals surface area contributed by atoms with Crippen LogP contribution >= 0.6 is 0 Å². The molecule has 3 rings (SSSR count). The summed E-state index contributed by atoms with van der Waals surface area (Å²) in [6.45, 7) is 0. The lowest BCUT2D eigenvalue weighted by atomic mass is 10.2. The van der Waals surface area contributed by atoms with Crippen molar-refractivity contribution in [2.24, 2.45) is 0 Å². The first-order valence-electron chi connectivity index (χ1n) is 7.39. The van der Waals surface area contributed by atoms with Gasteiger partial charge in [0, 0.05) is 17.6 Å². The standard InChI is InChI=1S/C14H18N2O5S2/c17-14(15-12-7-8-22(18,19)9-12)10-1-5-13(6-2-10)23(20,21)16-11-3-4-11/h1-2,5-6,11-12,16H,3-4,7-9H2,(H,15,17). The number of hydrogen-bond donors (Lipinski definition) is 2. The van der Waals surface area contributed by atoms with Crippen LogP contribution in [0.4, 0.5) is 0 Å². The predicted molar refractivity (Wildman–Crippen MR) is 84.3 cm³/mol. The summed E-state index contributed by atoms with van der Waals surface area (Å²) < 4.78 is 49.4. The monoisotopic (exact) mass is 358 g/mol. The summed E-state index contributed by atoms with van der Waals surface area (Å²) in [4.78, 5) is 12.2. The van der Waals surface area contributed by atoms with Gasteiger partial charge in [-0.15, -0.1) is 0 Å². The van der Waals surface area contributed by atoms with Crippen molar-refractivity contribution in [3.63, 3.8) is 0 Å². The van der Waals surface area contributed by atoms with Crippen LogP contribution in [0.3, 0.4) is 0 Å². The quantitative estimate of drug-likeness (QED) is 0.773. The van der Waals surface area contributed by atoms with E-state index in [1.807, 2.05) is 0 Å². The molecule has 2 fully saturated rings. The molecule has 1 unspecified atom stereocenters. The Labute approximate surface area is 135 Å². The van der Waals surface area contributed by atoms with Crippen LogP contribution in [-0.4, -0.2) is 46.3 Å². The lowest BCUT2D eigenvalue weighted by molar-refractivity contribution is 0.0941. The average molecular weight is 358 g/mol. The van der Waals surface area contributed by atoms with Gasteiger partial charge in [-0.05, 0) is 43.5 Å². The van der Waals surface area contributed by atoms with Gasteiger partial charge in [-0.2, -0.15) is 0 Å². The van der Waals surface area contributed by atoms with Gasteiger partial charge < -0.3 is 5.32 Å². The summed E-state index contributed by atoms with van der Waals surface area (Å²) in [6, 6.07) is 5.26. The van der Waals surface area contributed by atoms with E-state index in [-0.39, 0.29) is 28.5 Å². The second kappa shape index (κ2) is 5.88. The molecule has 9 heteroatoms. The number of amides is 1. The minimum absolute atomic E-state index is 0.0206. The van der Waals surface area contributed by atoms with Gasteiger partial charge in [0.2, 0.25) is 10.0 Å². The summed E-state index contributed by atoms with van der Waals surface area (Å²) in [7, 11) is -6.60. The van der Waals surface area contributed by atoms with E-state index in [0.29, 0.717) is 12.0 Å². The fraction of sp³-hybridized carbons (Fsp3) is 0.500. The highest BCUT2D eigenvalue weighted by Crippen LogP contribution is 2.22. The molecule has 0 bridgehead atoms. The van der Waals surface area contributed by atoms with Gasteiger partial charge in [-0.1, -0.05) is 0 Å². The van der Waals surface area contributed by atoms with Crippen molar-refractivity contribution in [2.75, 3.05) is 11.5 Å². The SMILES string of the molecule is O=C(NC1CCS(=O)(=O)C1)c1ccc(S(=O)(=O)NC2CC2)cc1. The molecule has 0 spiro atoms. The Morgan fingerprint density at radius 2 is 1.70 bits per heavy atom. The Kier molecular flexibility index (Phi) is 4.19. The second-order valence-electron chi connectivity index (χ2n) is 5.99. The molecule has 2 N–H and O–H groups in total. The lowest BCUT2D eigenvalue weighted by Gasteiger charge is -2.11. The van der Waals surface area contributed by atoms with E-state index < -0.39 is 25.8 Å². The Hall–Kier alpha value is -1.45. The van der Waals surface area contributed by atoms with Crippen molar-refractivity contribution in [2.45, 2.75) is 36.2 Å². The minimum Gasteiger partial charge on any atom is -0.348 e. The molecule has 1 aromatic rings. The minimum atomic E-state index is -3.54. The lowest BCUT2D eigenvalue weighted by Crippen LogP contribution is -2.35. The van der Waals surface area contributed by atoms with Gasteiger partial charge in [0.05, 0.1) is 16.4 Å². The average Bonchev–Trinajstić information content (AvgIpc) is 3.21. The van der Waals surface area contributed by atoms with Crippen LogP contribution in [0.15, 0.2) is 29.2 Å². The van der Waals surface area contributed by atoms with E-state index in [0.717, 1.165) is 12.8 Å². The number of hydrogen-bond acceptors (Lipinski definition) is 5. The second-order valence-corrected chi connectivity index (χ2v) is 9.94. The van der Waals surface area contributed by atoms with Gasteiger partial charge in [0.1, 0.15) is 0 Å². The Bertz CT molecular complexity index is 811. The fourth-order valence-electron chi connectivity index (χ4n) is 2.45. The van der Waals surface area contributed by atoms with Crippen molar-refractivity contribution in [1.82, 2.24) is 10.0 Å². The van der Waals surface area contributed by atoms with Crippen LogP contribution in [0, 0.1) is 0 Å².